The van der Waals surface area contributed by atoms with Gasteiger partial charge in [0.2, 0.25) is 5.95 Å². The van der Waals surface area contributed by atoms with Gasteiger partial charge in [-0.25, -0.2) is 0 Å². The molecule has 0 saturated heterocycles. The summed E-state index contributed by atoms with van der Waals surface area (Å²) >= 11 is 0. The summed E-state index contributed by atoms with van der Waals surface area (Å²) in [6.45, 7) is 3.32. The number of rotatable bonds is 8. The molecule has 0 saturated carbocycles. The van der Waals surface area contributed by atoms with Gasteiger partial charge in [-0.15, -0.1) is 0 Å². The van der Waals surface area contributed by atoms with Crippen LogP contribution in [0.5, 0.6) is 0 Å². The smallest absolute Gasteiger partial charge is 0.226 e. The standard InChI is InChI=1S/C21H24N6/c1-15-8-10-17(11-9-15)13-24-20-18(12-22)19(23-2)26-21(27-20)25-14-16-6-4-3-5-7-16/h3-12,22H,13-14H2,1-2H3,(H3,23,24,25,26,27). The van der Waals surface area contributed by atoms with Gasteiger partial charge < -0.3 is 21.4 Å². The lowest BCUT2D eigenvalue weighted by Crippen LogP contribution is -2.12. The number of nitrogens with one attached hydrogen (secondary N) is 4. The molecule has 27 heavy (non-hydrogen) atoms. The van der Waals surface area contributed by atoms with Gasteiger partial charge in [0.25, 0.3) is 0 Å². The highest BCUT2D eigenvalue weighted by Crippen LogP contribution is 2.22. The molecule has 4 N–H and O–H groups in total. The lowest BCUT2D eigenvalue weighted by atomic mass is 10.1. The number of nitrogens with zero attached hydrogens (tertiary/aromatic N) is 2. The van der Waals surface area contributed by atoms with Crippen LogP contribution in [-0.4, -0.2) is 23.2 Å². The Morgan fingerprint density at radius 1 is 0.852 bits per heavy atom. The average molecular weight is 360 g/mol. The molecule has 0 aliphatic rings. The van der Waals surface area contributed by atoms with Gasteiger partial charge in [0.15, 0.2) is 0 Å². The predicted molar refractivity (Wildman–Crippen MR) is 112 cm³/mol. The van der Waals surface area contributed by atoms with Crippen LogP contribution in [0.2, 0.25) is 0 Å². The van der Waals surface area contributed by atoms with E-state index in [2.05, 4.69) is 69.2 Å². The van der Waals surface area contributed by atoms with Gasteiger partial charge in [0.05, 0.1) is 5.56 Å². The molecule has 0 aliphatic carbocycles. The number of benzene rings is 2. The van der Waals surface area contributed by atoms with Crippen LogP contribution in [-0.2, 0) is 13.1 Å². The summed E-state index contributed by atoms with van der Waals surface area (Å²) in [6, 6.07) is 18.4. The summed E-state index contributed by atoms with van der Waals surface area (Å²) in [4.78, 5) is 9.06. The fraction of sp³-hybridized carbons (Fsp3) is 0.190. The van der Waals surface area contributed by atoms with Gasteiger partial charge in [-0.05, 0) is 18.1 Å². The van der Waals surface area contributed by atoms with Crippen LogP contribution in [0.15, 0.2) is 54.6 Å². The lowest BCUT2D eigenvalue weighted by molar-refractivity contribution is 1.03. The molecular weight excluding hydrogens is 336 g/mol. The Labute approximate surface area is 159 Å². The molecule has 0 amide bonds. The average Bonchev–Trinajstić information content (AvgIpc) is 2.72. The van der Waals surface area contributed by atoms with E-state index in [-0.39, 0.29) is 0 Å². The van der Waals surface area contributed by atoms with Crippen LogP contribution in [0.4, 0.5) is 17.6 Å². The largest absolute Gasteiger partial charge is 0.372 e. The Morgan fingerprint density at radius 2 is 1.48 bits per heavy atom. The van der Waals surface area contributed by atoms with E-state index in [1.54, 1.807) is 7.05 Å². The van der Waals surface area contributed by atoms with E-state index in [1.165, 1.54) is 11.8 Å². The van der Waals surface area contributed by atoms with Crippen molar-refractivity contribution in [3.63, 3.8) is 0 Å². The summed E-state index contributed by atoms with van der Waals surface area (Å²) in [5, 5.41) is 17.4. The van der Waals surface area contributed by atoms with Crippen molar-refractivity contribution in [3.8, 4) is 0 Å². The highest BCUT2D eigenvalue weighted by atomic mass is 15.2. The summed E-state index contributed by atoms with van der Waals surface area (Å²) < 4.78 is 0. The maximum Gasteiger partial charge on any atom is 0.226 e. The number of hydrogen-bond acceptors (Lipinski definition) is 6. The summed E-state index contributed by atoms with van der Waals surface area (Å²) in [5.74, 6) is 1.75. The van der Waals surface area contributed by atoms with Gasteiger partial charge in [0.1, 0.15) is 11.6 Å². The molecule has 0 unspecified atom stereocenters. The fourth-order valence-electron chi connectivity index (χ4n) is 2.68. The molecule has 0 radical (unpaired) electrons. The van der Waals surface area contributed by atoms with E-state index >= 15 is 0 Å². The fourth-order valence-corrected chi connectivity index (χ4v) is 2.68. The third kappa shape index (κ3) is 4.82. The van der Waals surface area contributed by atoms with Gasteiger partial charge in [-0.1, -0.05) is 60.2 Å². The van der Waals surface area contributed by atoms with Crippen molar-refractivity contribution in [2.45, 2.75) is 20.0 Å². The molecule has 1 heterocycles. The molecule has 3 rings (SSSR count). The Kier molecular flexibility index (Phi) is 5.99. The molecule has 138 valence electrons. The molecular formula is C21H24N6. The molecule has 0 spiro atoms. The van der Waals surface area contributed by atoms with E-state index in [4.69, 9.17) is 5.41 Å². The Balaban J connectivity index is 1.79. The Hall–Kier alpha value is -3.41. The van der Waals surface area contributed by atoms with Crippen molar-refractivity contribution >= 4 is 23.8 Å². The maximum absolute atomic E-state index is 7.74. The summed E-state index contributed by atoms with van der Waals surface area (Å²) in [5.41, 5.74) is 4.16. The summed E-state index contributed by atoms with van der Waals surface area (Å²) in [6.07, 6.45) is 1.27. The SMILES string of the molecule is CNc1nc(NCc2ccccc2)nc(NCc2ccc(C)cc2)c1C=N. The van der Waals surface area contributed by atoms with Crippen molar-refractivity contribution in [2.24, 2.45) is 0 Å². The van der Waals surface area contributed by atoms with Crippen LogP contribution in [0.3, 0.4) is 0 Å². The van der Waals surface area contributed by atoms with Crippen molar-refractivity contribution in [1.82, 2.24) is 9.97 Å². The monoisotopic (exact) mass is 360 g/mol. The molecule has 0 bridgehead atoms. The molecule has 0 fully saturated rings. The predicted octanol–water partition coefficient (Wildman–Crippen LogP) is 4.05. The number of anilines is 3. The first-order valence-corrected chi connectivity index (χ1v) is 8.87. The second-order valence-electron chi connectivity index (χ2n) is 6.23. The number of aromatic nitrogens is 2. The third-order valence-corrected chi connectivity index (χ3v) is 4.20. The van der Waals surface area contributed by atoms with E-state index < -0.39 is 0 Å². The molecule has 3 aromatic rings. The molecule has 1 aromatic heterocycles. The van der Waals surface area contributed by atoms with Crippen LogP contribution in [0.25, 0.3) is 0 Å². The molecule has 2 aromatic carbocycles. The lowest BCUT2D eigenvalue weighted by Gasteiger charge is -2.14. The molecule has 6 heteroatoms. The first-order chi connectivity index (χ1) is 13.2. The second-order valence-corrected chi connectivity index (χ2v) is 6.23. The molecule has 6 nitrogen and oxygen atoms in total. The zero-order chi connectivity index (χ0) is 19.1. The highest BCUT2D eigenvalue weighted by molar-refractivity contribution is 5.91. The molecule has 0 atom stereocenters. The van der Waals surface area contributed by atoms with Crippen molar-refractivity contribution in [1.29, 1.82) is 5.41 Å². The van der Waals surface area contributed by atoms with E-state index in [9.17, 15) is 0 Å². The van der Waals surface area contributed by atoms with Crippen LogP contribution >= 0.6 is 0 Å². The maximum atomic E-state index is 7.74. The van der Waals surface area contributed by atoms with Gasteiger partial charge in [-0.2, -0.15) is 9.97 Å². The molecule has 0 aliphatic heterocycles. The Morgan fingerprint density at radius 3 is 2.15 bits per heavy atom. The number of aryl methyl sites for hydroxylation is 1. The van der Waals surface area contributed by atoms with E-state index in [1.807, 2.05) is 18.2 Å². The van der Waals surface area contributed by atoms with Gasteiger partial charge >= 0.3 is 0 Å². The highest BCUT2D eigenvalue weighted by Gasteiger charge is 2.12. The normalized spacial score (nSPS) is 10.3. The van der Waals surface area contributed by atoms with E-state index in [0.29, 0.717) is 36.2 Å². The van der Waals surface area contributed by atoms with Crippen LogP contribution in [0, 0.1) is 12.3 Å². The minimum Gasteiger partial charge on any atom is -0.372 e. The first-order valence-electron chi connectivity index (χ1n) is 8.87. The van der Waals surface area contributed by atoms with E-state index in [0.717, 1.165) is 11.1 Å². The Bertz CT molecular complexity index is 891. The van der Waals surface area contributed by atoms with Crippen molar-refractivity contribution in [3.05, 3.63) is 76.9 Å². The van der Waals surface area contributed by atoms with Crippen molar-refractivity contribution < 1.29 is 0 Å². The topological polar surface area (TPSA) is 85.7 Å². The number of hydrogen-bond donors (Lipinski definition) is 4. The first kappa shape index (κ1) is 18.4. The van der Waals surface area contributed by atoms with Crippen LogP contribution < -0.4 is 16.0 Å². The zero-order valence-corrected chi connectivity index (χ0v) is 15.6. The second kappa shape index (κ2) is 8.80. The van der Waals surface area contributed by atoms with Crippen LogP contribution in [0.1, 0.15) is 22.3 Å². The summed E-state index contributed by atoms with van der Waals surface area (Å²) in [7, 11) is 1.79. The zero-order valence-electron chi connectivity index (χ0n) is 15.6. The third-order valence-electron chi connectivity index (χ3n) is 4.20. The minimum atomic E-state index is 0.514. The quantitative estimate of drug-likeness (QED) is 0.455. The minimum absolute atomic E-state index is 0.514. The van der Waals surface area contributed by atoms with Gasteiger partial charge in [0, 0.05) is 26.4 Å². The van der Waals surface area contributed by atoms with Crippen molar-refractivity contribution in [2.75, 3.05) is 23.0 Å². The van der Waals surface area contributed by atoms with Gasteiger partial charge in [-0.3, -0.25) is 0 Å².